The summed E-state index contributed by atoms with van der Waals surface area (Å²) >= 11 is 0. The molecular weight excluding hydrogens is 268 g/mol. The van der Waals surface area contributed by atoms with Crippen LogP contribution < -0.4 is 0 Å². The molecular formula is C16H14N2O3. The summed E-state index contributed by atoms with van der Waals surface area (Å²) < 4.78 is 6.92. The van der Waals surface area contributed by atoms with Crippen molar-refractivity contribution in [3.8, 4) is 5.69 Å². The molecule has 5 nitrogen and oxygen atoms in total. The molecule has 0 aliphatic heterocycles. The van der Waals surface area contributed by atoms with Crippen LogP contribution in [-0.2, 0) is 11.3 Å². The van der Waals surface area contributed by atoms with Crippen molar-refractivity contribution < 1.29 is 14.6 Å². The second kappa shape index (κ2) is 5.38. The van der Waals surface area contributed by atoms with Gasteiger partial charge in [0, 0.05) is 12.8 Å². The van der Waals surface area contributed by atoms with Crippen LogP contribution in [0.25, 0.3) is 16.7 Å². The highest BCUT2D eigenvalue weighted by molar-refractivity contribution is 6.01. The minimum atomic E-state index is -0.963. The maximum Gasteiger partial charge on any atom is 0.337 e. The third-order valence-electron chi connectivity index (χ3n) is 3.30. The van der Waals surface area contributed by atoms with Gasteiger partial charge in [-0.05, 0) is 29.8 Å². The number of aromatic carboxylic acids is 1. The average Bonchev–Trinajstić information content (AvgIpc) is 2.91. The molecule has 0 fully saturated rings. The zero-order valence-electron chi connectivity index (χ0n) is 11.5. The molecule has 5 heteroatoms. The number of imidazole rings is 1. The van der Waals surface area contributed by atoms with Gasteiger partial charge in [0.25, 0.3) is 0 Å². The van der Waals surface area contributed by atoms with Crippen LogP contribution in [0.15, 0.2) is 48.8 Å². The van der Waals surface area contributed by atoms with E-state index in [0.29, 0.717) is 17.6 Å². The number of methoxy groups -OCH3 is 1. The second-order valence-electron chi connectivity index (χ2n) is 4.70. The number of carboxylic acid groups (broad SMARTS) is 1. The molecule has 0 unspecified atom stereocenters. The van der Waals surface area contributed by atoms with Gasteiger partial charge in [-0.3, -0.25) is 4.57 Å². The average molecular weight is 282 g/mol. The summed E-state index contributed by atoms with van der Waals surface area (Å²) in [5.74, 6) is -0.963. The molecule has 0 amide bonds. The molecule has 1 N–H and O–H groups in total. The summed E-state index contributed by atoms with van der Waals surface area (Å²) in [6.07, 6.45) is 1.64. The van der Waals surface area contributed by atoms with E-state index in [0.717, 1.165) is 11.3 Å². The van der Waals surface area contributed by atoms with Gasteiger partial charge in [-0.1, -0.05) is 18.2 Å². The van der Waals surface area contributed by atoms with Gasteiger partial charge in [-0.25, -0.2) is 9.78 Å². The largest absolute Gasteiger partial charge is 0.478 e. The number of carboxylic acids is 1. The van der Waals surface area contributed by atoms with Gasteiger partial charge < -0.3 is 9.84 Å². The number of fused-ring (bicyclic) bond motifs is 1. The minimum Gasteiger partial charge on any atom is -0.478 e. The first-order chi connectivity index (χ1) is 10.2. The van der Waals surface area contributed by atoms with Gasteiger partial charge in [-0.15, -0.1) is 0 Å². The Kier molecular flexibility index (Phi) is 3.41. The molecule has 0 aliphatic carbocycles. The van der Waals surface area contributed by atoms with E-state index < -0.39 is 5.97 Å². The van der Waals surface area contributed by atoms with Crippen molar-refractivity contribution in [2.75, 3.05) is 7.11 Å². The van der Waals surface area contributed by atoms with E-state index in [1.54, 1.807) is 36.2 Å². The van der Waals surface area contributed by atoms with E-state index in [-0.39, 0.29) is 5.56 Å². The van der Waals surface area contributed by atoms with Gasteiger partial charge in [0.15, 0.2) is 0 Å². The molecule has 0 aliphatic rings. The lowest BCUT2D eigenvalue weighted by Crippen LogP contribution is -2.02. The van der Waals surface area contributed by atoms with Gasteiger partial charge in [-0.2, -0.15) is 0 Å². The second-order valence-corrected chi connectivity index (χ2v) is 4.70. The zero-order chi connectivity index (χ0) is 14.8. The Morgan fingerprint density at radius 1 is 1.29 bits per heavy atom. The van der Waals surface area contributed by atoms with Crippen molar-refractivity contribution in [1.29, 1.82) is 0 Å². The van der Waals surface area contributed by atoms with Crippen LogP contribution in [0.1, 0.15) is 15.9 Å². The van der Waals surface area contributed by atoms with Crippen molar-refractivity contribution in [3.05, 3.63) is 59.9 Å². The summed E-state index contributed by atoms with van der Waals surface area (Å²) in [5.41, 5.74) is 3.37. The van der Waals surface area contributed by atoms with Crippen LogP contribution in [0, 0.1) is 0 Å². The summed E-state index contributed by atoms with van der Waals surface area (Å²) in [6.45, 7) is 0.506. The molecule has 0 radical (unpaired) electrons. The third kappa shape index (κ3) is 2.39. The summed E-state index contributed by atoms with van der Waals surface area (Å²) in [5, 5.41) is 9.35. The zero-order valence-corrected chi connectivity index (χ0v) is 11.5. The van der Waals surface area contributed by atoms with Crippen LogP contribution in [-0.4, -0.2) is 27.7 Å². The Hall–Kier alpha value is -2.66. The number of rotatable bonds is 4. The number of ether oxygens (including phenoxy) is 1. The fraction of sp³-hybridized carbons (Fsp3) is 0.125. The highest BCUT2D eigenvalue weighted by atomic mass is 16.5. The lowest BCUT2D eigenvalue weighted by Gasteiger charge is -2.08. The van der Waals surface area contributed by atoms with E-state index in [2.05, 4.69) is 4.98 Å². The SMILES string of the molecule is COCc1cccc(-n2cnc3cccc(C(=O)O)c32)c1. The number of hydrogen-bond donors (Lipinski definition) is 1. The van der Waals surface area contributed by atoms with E-state index in [4.69, 9.17) is 4.74 Å². The quantitative estimate of drug-likeness (QED) is 0.799. The van der Waals surface area contributed by atoms with Crippen molar-refractivity contribution in [2.45, 2.75) is 6.61 Å². The normalized spacial score (nSPS) is 10.9. The molecule has 0 saturated heterocycles. The fourth-order valence-corrected chi connectivity index (χ4v) is 2.40. The Labute approximate surface area is 121 Å². The lowest BCUT2D eigenvalue weighted by atomic mass is 10.1. The van der Waals surface area contributed by atoms with Crippen molar-refractivity contribution in [3.63, 3.8) is 0 Å². The Balaban J connectivity index is 2.21. The van der Waals surface area contributed by atoms with E-state index in [9.17, 15) is 9.90 Å². The highest BCUT2D eigenvalue weighted by Crippen LogP contribution is 2.22. The van der Waals surface area contributed by atoms with Crippen LogP contribution in [0.5, 0.6) is 0 Å². The molecule has 2 aromatic carbocycles. The number of aromatic nitrogens is 2. The molecule has 0 saturated carbocycles. The van der Waals surface area contributed by atoms with Crippen LogP contribution in [0.4, 0.5) is 0 Å². The standard InChI is InChI=1S/C16H14N2O3/c1-21-9-11-4-2-5-12(8-11)18-10-17-14-7-3-6-13(15(14)18)16(19)20/h2-8,10H,9H2,1H3,(H,19,20). The molecule has 21 heavy (non-hydrogen) atoms. The van der Waals surface area contributed by atoms with E-state index in [1.807, 2.05) is 24.3 Å². The van der Waals surface area contributed by atoms with Gasteiger partial charge in [0.2, 0.25) is 0 Å². The van der Waals surface area contributed by atoms with Gasteiger partial charge in [0.1, 0.15) is 6.33 Å². The highest BCUT2D eigenvalue weighted by Gasteiger charge is 2.14. The lowest BCUT2D eigenvalue weighted by molar-refractivity contribution is 0.0698. The topological polar surface area (TPSA) is 64.4 Å². The molecule has 1 aromatic heterocycles. The van der Waals surface area contributed by atoms with E-state index in [1.165, 1.54) is 0 Å². The molecule has 106 valence electrons. The Morgan fingerprint density at radius 3 is 2.86 bits per heavy atom. The van der Waals surface area contributed by atoms with E-state index >= 15 is 0 Å². The number of carbonyl (C=O) groups is 1. The predicted octanol–water partition coefficient (Wildman–Crippen LogP) is 2.87. The Bertz CT molecular complexity index is 808. The maximum absolute atomic E-state index is 11.4. The molecule has 0 atom stereocenters. The van der Waals surface area contributed by atoms with Crippen LogP contribution in [0.3, 0.4) is 0 Å². The molecule has 3 rings (SSSR count). The Morgan fingerprint density at radius 2 is 2.10 bits per heavy atom. The number of nitrogens with zero attached hydrogens (tertiary/aromatic N) is 2. The van der Waals surface area contributed by atoms with Crippen LogP contribution >= 0.6 is 0 Å². The predicted molar refractivity (Wildman–Crippen MR) is 78.7 cm³/mol. The van der Waals surface area contributed by atoms with Crippen molar-refractivity contribution in [2.24, 2.45) is 0 Å². The number of para-hydroxylation sites is 1. The van der Waals surface area contributed by atoms with Crippen molar-refractivity contribution in [1.82, 2.24) is 9.55 Å². The van der Waals surface area contributed by atoms with Gasteiger partial charge in [0.05, 0.1) is 23.2 Å². The molecule has 1 heterocycles. The summed E-state index contributed by atoms with van der Waals surface area (Å²) in [4.78, 5) is 15.7. The molecule has 0 spiro atoms. The smallest absolute Gasteiger partial charge is 0.337 e. The number of benzene rings is 2. The first kappa shape index (κ1) is 13.3. The first-order valence-electron chi connectivity index (χ1n) is 6.48. The van der Waals surface area contributed by atoms with Crippen LogP contribution in [0.2, 0.25) is 0 Å². The summed E-state index contributed by atoms with van der Waals surface area (Å²) in [6, 6.07) is 12.8. The van der Waals surface area contributed by atoms with Gasteiger partial charge >= 0.3 is 5.97 Å². The minimum absolute atomic E-state index is 0.238. The molecule has 3 aromatic rings. The first-order valence-corrected chi connectivity index (χ1v) is 6.48. The monoisotopic (exact) mass is 282 g/mol. The molecule has 0 bridgehead atoms. The number of hydrogen-bond acceptors (Lipinski definition) is 3. The van der Waals surface area contributed by atoms with Crippen molar-refractivity contribution >= 4 is 17.0 Å². The summed E-state index contributed by atoms with van der Waals surface area (Å²) in [7, 11) is 1.64. The maximum atomic E-state index is 11.4. The fourth-order valence-electron chi connectivity index (χ4n) is 2.40. The third-order valence-corrected chi connectivity index (χ3v) is 3.30.